The van der Waals surface area contributed by atoms with E-state index in [9.17, 15) is 9.59 Å². The van der Waals surface area contributed by atoms with E-state index in [-0.39, 0.29) is 17.7 Å². The van der Waals surface area contributed by atoms with Crippen molar-refractivity contribution in [1.82, 2.24) is 0 Å². The third kappa shape index (κ3) is 6.15. The van der Waals surface area contributed by atoms with Gasteiger partial charge in [-0.2, -0.15) is 0 Å². The molecular formula is C19H22N2O3S. The monoisotopic (exact) mass is 358 g/mol. The predicted octanol–water partition coefficient (Wildman–Crippen LogP) is 4.02. The van der Waals surface area contributed by atoms with Crippen molar-refractivity contribution in [3.05, 3.63) is 48.5 Å². The number of amides is 2. The first-order valence-corrected chi connectivity index (χ1v) is 8.94. The van der Waals surface area contributed by atoms with Crippen molar-refractivity contribution in [1.29, 1.82) is 0 Å². The molecule has 5 nitrogen and oxygen atoms in total. The van der Waals surface area contributed by atoms with E-state index in [0.29, 0.717) is 17.1 Å². The van der Waals surface area contributed by atoms with Gasteiger partial charge in [0.1, 0.15) is 5.75 Å². The van der Waals surface area contributed by atoms with Crippen LogP contribution in [-0.4, -0.2) is 24.7 Å². The molecule has 0 spiro atoms. The van der Waals surface area contributed by atoms with Gasteiger partial charge >= 0.3 is 0 Å². The summed E-state index contributed by atoms with van der Waals surface area (Å²) < 4.78 is 5.11. The molecule has 0 aliphatic carbocycles. The quantitative estimate of drug-likeness (QED) is 0.734. The fraction of sp³-hybridized carbons (Fsp3) is 0.263. The summed E-state index contributed by atoms with van der Waals surface area (Å²) in [6, 6.07) is 14.7. The molecule has 0 unspecified atom stereocenters. The van der Waals surface area contributed by atoms with Crippen LogP contribution in [0.3, 0.4) is 0 Å². The van der Waals surface area contributed by atoms with Crippen LogP contribution in [0.2, 0.25) is 0 Å². The lowest BCUT2D eigenvalue weighted by Crippen LogP contribution is -2.18. The first kappa shape index (κ1) is 18.9. The Bertz CT molecular complexity index is 730. The summed E-state index contributed by atoms with van der Waals surface area (Å²) in [5.74, 6) is 0.828. The second-order valence-corrected chi connectivity index (χ2v) is 6.79. The fourth-order valence-corrected chi connectivity index (χ4v) is 2.68. The standard InChI is InChI=1S/C19H22N2O3S/c1-13(2)19(23)21-15-6-4-5-14(11-15)20-18(22)12-25-17-9-7-16(24-3)8-10-17/h4-11,13H,12H2,1-3H3,(H,20,22)(H,21,23). The van der Waals surface area contributed by atoms with E-state index in [2.05, 4.69) is 10.6 Å². The van der Waals surface area contributed by atoms with Crippen LogP contribution >= 0.6 is 11.8 Å². The highest BCUT2D eigenvalue weighted by molar-refractivity contribution is 8.00. The molecular weight excluding hydrogens is 336 g/mol. The molecule has 0 saturated carbocycles. The smallest absolute Gasteiger partial charge is 0.234 e. The van der Waals surface area contributed by atoms with E-state index >= 15 is 0 Å². The van der Waals surface area contributed by atoms with Gasteiger partial charge in [0, 0.05) is 22.2 Å². The second-order valence-electron chi connectivity index (χ2n) is 5.74. The number of hydrogen-bond donors (Lipinski definition) is 2. The Morgan fingerprint density at radius 1 is 1.04 bits per heavy atom. The molecule has 132 valence electrons. The van der Waals surface area contributed by atoms with Gasteiger partial charge in [-0.1, -0.05) is 19.9 Å². The average Bonchev–Trinajstić information content (AvgIpc) is 2.60. The second kappa shape index (κ2) is 9.13. The number of hydrogen-bond acceptors (Lipinski definition) is 4. The molecule has 0 saturated heterocycles. The maximum absolute atomic E-state index is 12.1. The fourth-order valence-electron chi connectivity index (χ4n) is 1.98. The third-order valence-electron chi connectivity index (χ3n) is 3.37. The van der Waals surface area contributed by atoms with Gasteiger partial charge in [0.15, 0.2) is 0 Å². The molecule has 0 fully saturated rings. The maximum Gasteiger partial charge on any atom is 0.234 e. The lowest BCUT2D eigenvalue weighted by molar-refractivity contribution is -0.119. The molecule has 2 N–H and O–H groups in total. The van der Waals surface area contributed by atoms with Crippen molar-refractivity contribution < 1.29 is 14.3 Å². The summed E-state index contributed by atoms with van der Waals surface area (Å²) in [6.07, 6.45) is 0. The average molecular weight is 358 g/mol. The summed E-state index contributed by atoms with van der Waals surface area (Å²) in [7, 11) is 1.62. The minimum atomic E-state index is -0.104. The Kier molecular flexibility index (Phi) is 6.89. The molecule has 25 heavy (non-hydrogen) atoms. The molecule has 0 heterocycles. The van der Waals surface area contributed by atoms with Crippen molar-refractivity contribution in [3.8, 4) is 5.75 Å². The lowest BCUT2D eigenvalue weighted by atomic mass is 10.2. The number of methoxy groups -OCH3 is 1. The van der Waals surface area contributed by atoms with E-state index in [1.807, 2.05) is 38.1 Å². The van der Waals surface area contributed by atoms with Crippen LogP contribution in [0.4, 0.5) is 11.4 Å². The molecule has 0 radical (unpaired) electrons. The van der Waals surface area contributed by atoms with E-state index in [4.69, 9.17) is 4.74 Å². The largest absolute Gasteiger partial charge is 0.497 e. The third-order valence-corrected chi connectivity index (χ3v) is 4.38. The van der Waals surface area contributed by atoms with Gasteiger partial charge in [-0.15, -0.1) is 11.8 Å². The summed E-state index contributed by atoms with van der Waals surface area (Å²) in [4.78, 5) is 24.8. The molecule has 0 bridgehead atoms. The summed E-state index contributed by atoms with van der Waals surface area (Å²) in [6.45, 7) is 3.66. The Balaban J connectivity index is 1.88. The Hall–Kier alpha value is -2.47. The van der Waals surface area contributed by atoms with E-state index < -0.39 is 0 Å². The molecule has 0 aliphatic heterocycles. The lowest BCUT2D eigenvalue weighted by Gasteiger charge is -2.10. The van der Waals surface area contributed by atoms with Crippen LogP contribution in [0.1, 0.15) is 13.8 Å². The summed E-state index contributed by atoms with van der Waals surface area (Å²) in [5, 5.41) is 5.66. The Labute approximate surface area is 152 Å². The van der Waals surface area contributed by atoms with Crippen LogP contribution in [0.15, 0.2) is 53.4 Å². The normalized spacial score (nSPS) is 10.4. The SMILES string of the molecule is COc1ccc(SCC(=O)Nc2cccc(NC(=O)C(C)C)c2)cc1. The molecule has 0 aliphatic rings. The van der Waals surface area contributed by atoms with E-state index in [1.165, 1.54) is 11.8 Å². The maximum atomic E-state index is 12.1. The van der Waals surface area contributed by atoms with Crippen molar-refractivity contribution in [2.45, 2.75) is 18.7 Å². The topological polar surface area (TPSA) is 67.4 Å². The van der Waals surface area contributed by atoms with Crippen LogP contribution in [-0.2, 0) is 9.59 Å². The van der Waals surface area contributed by atoms with Gasteiger partial charge in [0.2, 0.25) is 11.8 Å². The molecule has 2 aromatic rings. The van der Waals surface area contributed by atoms with Crippen LogP contribution in [0.25, 0.3) is 0 Å². The zero-order valence-corrected chi connectivity index (χ0v) is 15.4. The minimum absolute atomic E-state index is 0.0569. The first-order valence-electron chi connectivity index (χ1n) is 7.95. The van der Waals surface area contributed by atoms with Crippen LogP contribution in [0.5, 0.6) is 5.75 Å². The van der Waals surface area contributed by atoms with Crippen molar-refractivity contribution >= 4 is 35.0 Å². The number of nitrogens with one attached hydrogen (secondary N) is 2. The molecule has 2 amide bonds. The van der Waals surface area contributed by atoms with Gasteiger partial charge in [0.25, 0.3) is 0 Å². The van der Waals surface area contributed by atoms with Crippen molar-refractivity contribution in [2.75, 3.05) is 23.5 Å². The Morgan fingerprint density at radius 3 is 2.28 bits per heavy atom. The highest BCUT2D eigenvalue weighted by Gasteiger charge is 2.08. The van der Waals surface area contributed by atoms with E-state index in [1.54, 1.807) is 31.4 Å². The molecule has 2 aromatic carbocycles. The highest BCUT2D eigenvalue weighted by atomic mass is 32.2. The number of anilines is 2. The summed E-state index contributed by atoms with van der Waals surface area (Å²) in [5.41, 5.74) is 1.32. The zero-order chi connectivity index (χ0) is 18.2. The molecule has 2 rings (SSSR count). The van der Waals surface area contributed by atoms with Gasteiger partial charge < -0.3 is 15.4 Å². The molecule has 6 heteroatoms. The minimum Gasteiger partial charge on any atom is -0.497 e. The Morgan fingerprint density at radius 2 is 1.68 bits per heavy atom. The van der Waals surface area contributed by atoms with Gasteiger partial charge in [0.05, 0.1) is 12.9 Å². The highest BCUT2D eigenvalue weighted by Crippen LogP contribution is 2.22. The van der Waals surface area contributed by atoms with Crippen LogP contribution < -0.4 is 15.4 Å². The number of benzene rings is 2. The number of ether oxygens (including phenoxy) is 1. The van der Waals surface area contributed by atoms with E-state index in [0.717, 1.165) is 10.6 Å². The number of carbonyl (C=O) groups excluding carboxylic acids is 2. The zero-order valence-electron chi connectivity index (χ0n) is 14.5. The number of thioether (sulfide) groups is 1. The first-order chi connectivity index (χ1) is 12.0. The molecule has 0 atom stereocenters. The number of carbonyl (C=O) groups is 2. The summed E-state index contributed by atoms with van der Waals surface area (Å²) >= 11 is 1.45. The molecule has 0 aromatic heterocycles. The number of rotatable bonds is 7. The van der Waals surface area contributed by atoms with Gasteiger partial charge in [-0.3, -0.25) is 9.59 Å². The van der Waals surface area contributed by atoms with Crippen LogP contribution in [0, 0.1) is 5.92 Å². The van der Waals surface area contributed by atoms with Crippen molar-refractivity contribution in [3.63, 3.8) is 0 Å². The predicted molar refractivity (Wildman–Crippen MR) is 102 cm³/mol. The van der Waals surface area contributed by atoms with Gasteiger partial charge in [-0.05, 0) is 42.5 Å². The van der Waals surface area contributed by atoms with Crippen molar-refractivity contribution in [2.24, 2.45) is 5.92 Å². The van der Waals surface area contributed by atoms with Gasteiger partial charge in [-0.25, -0.2) is 0 Å².